The Bertz CT molecular complexity index is 409. The Hall–Kier alpha value is -1.79. The molecule has 0 spiro atoms. The van der Waals surface area contributed by atoms with E-state index in [1.807, 2.05) is 13.8 Å². The van der Waals surface area contributed by atoms with Crippen LogP contribution >= 0.6 is 0 Å². The molecule has 1 fully saturated rings. The molecule has 0 radical (unpaired) electrons. The molecule has 2 N–H and O–H groups in total. The van der Waals surface area contributed by atoms with Crippen molar-refractivity contribution in [3.05, 3.63) is 0 Å². The maximum Gasteiger partial charge on any atom is 0.329 e. The molecule has 1 aliphatic heterocycles. The fraction of sp³-hybridized carbons (Fsp3) is 0.786. The maximum absolute atomic E-state index is 12.1. The number of carbonyl (C=O) groups excluding carboxylic acids is 2. The predicted molar refractivity (Wildman–Crippen MR) is 77.9 cm³/mol. The van der Waals surface area contributed by atoms with Gasteiger partial charge in [-0.3, -0.25) is 4.79 Å². The Kier molecular flexibility index (Phi) is 5.99. The van der Waals surface area contributed by atoms with Gasteiger partial charge in [-0.15, -0.1) is 0 Å². The lowest BCUT2D eigenvalue weighted by Gasteiger charge is -2.31. The molecule has 1 saturated heterocycles. The van der Waals surface area contributed by atoms with E-state index >= 15 is 0 Å². The van der Waals surface area contributed by atoms with Crippen molar-refractivity contribution in [2.24, 2.45) is 0 Å². The third-order valence-corrected chi connectivity index (χ3v) is 4.08. The van der Waals surface area contributed by atoms with E-state index < -0.39 is 17.5 Å². The number of carbonyl (C=O) groups is 3. The number of likely N-dealkylation sites (tertiary alicyclic amines) is 1. The summed E-state index contributed by atoms with van der Waals surface area (Å²) in [5.41, 5.74) is -1.15. The number of carboxylic acid groups (broad SMARTS) is 1. The lowest BCUT2D eigenvalue weighted by Crippen LogP contribution is -2.54. The number of amides is 3. The first-order chi connectivity index (χ1) is 9.86. The van der Waals surface area contributed by atoms with Crippen molar-refractivity contribution in [1.29, 1.82) is 0 Å². The molecule has 120 valence electrons. The van der Waals surface area contributed by atoms with E-state index in [9.17, 15) is 19.5 Å². The maximum atomic E-state index is 12.1. The Balaban J connectivity index is 2.47. The molecule has 1 atom stereocenters. The van der Waals surface area contributed by atoms with Gasteiger partial charge in [0.05, 0.1) is 0 Å². The van der Waals surface area contributed by atoms with E-state index in [0.717, 1.165) is 0 Å². The topological polar surface area (TPSA) is 90.0 Å². The van der Waals surface area contributed by atoms with Gasteiger partial charge < -0.3 is 20.2 Å². The van der Waals surface area contributed by atoms with Crippen molar-refractivity contribution < 1.29 is 19.5 Å². The number of rotatable bonds is 6. The van der Waals surface area contributed by atoms with Crippen LogP contribution in [0, 0.1) is 0 Å². The number of urea groups is 1. The van der Waals surface area contributed by atoms with Crippen molar-refractivity contribution in [3.8, 4) is 0 Å². The van der Waals surface area contributed by atoms with Gasteiger partial charge >= 0.3 is 12.0 Å². The Morgan fingerprint density at radius 3 is 2.43 bits per heavy atom. The van der Waals surface area contributed by atoms with E-state index in [1.165, 1.54) is 4.90 Å². The fourth-order valence-electron chi connectivity index (χ4n) is 2.62. The third-order valence-electron chi connectivity index (χ3n) is 4.08. The fourth-order valence-corrected chi connectivity index (χ4v) is 2.62. The summed E-state index contributed by atoms with van der Waals surface area (Å²) >= 11 is 0. The van der Waals surface area contributed by atoms with Crippen LogP contribution in [0.15, 0.2) is 0 Å². The first-order valence-electron chi connectivity index (χ1n) is 7.43. The van der Waals surface area contributed by atoms with Crippen LogP contribution in [0.3, 0.4) is 0 Å². The first-order valence-corrected chi connectivity index (χ1v) is 7.43. The van der Waals surface area contributed by atoms with E-state index in [-0.39, 0.29) is 18.9 Å². The summed E-state index contributed by atoms with van der Waals surface area (Å²) in [6, 6.07) is -0.412. The van der Waals surface area contributed by atoms with Gasteiger partial charge in [0.25, 0.3) is 0 Å². The Labute approximate surface area is 125 Å². The summed E-state index contributed by atoms with van der Waals surface area (Å²) in [6.45, 7) is 7.31. The quantitative estimate of drug-likeness (QED) is 0.762. The van der Waals surface area contributed by atoms with Gasteiger partial charge in [-0.05, 0) is 33.6 Å². The number of carboxylic acids is 1. The summed E-state index contributed by atoms with van der Waals surface area (Å²) in [7, 11) is 0. The van der Waals surface area contributed by atoms with Gasteiger partial charge in [-0.1, -0.05) is 0 Å². The van der Waals surface area contributed by atoms with Crippen LogP contribution in [0.5, 0.6) is 0 Å². The van der Waals surface area contributed by atoms with E-state index in [4.69, 9.17) is 0 Å². The summed E-state index contributed by atoms with van der Waals surface area (Å²) in [5, 5.41) is 11.9. The molecule has 0 aromatic rings. The predicted octanol–water partition coefficient (Wildman–Crippen LogP) is 0.894. The van der Waals surface area contributed by atoms with E-state index in [1.54, 1.807) is 11.8 Å². The third kappa shape index (κ3) is 3.86. The number of aliphatic carboxylic acids is 1. The molecule has 1 rings (SSSR count). The molecule has 3 amide bonds. The van der Waals surface area contributed by atoms with Crippen molar-refractivity contribution in [2.45, 2.75) is 45.6 Å². The van der Waals surface area contributed by atoms with Crippen molar-refractivity contribution in [3.63, 3.8) is 0 Å². The minimum absolute atomic E-state index is 0.0114. The van der Waals surface area contributed by atoms with Crippen LogP contribution in [0.1, 0.15) is 40.0 Å². The van der Waals surface area contributed by atoms with Gasteiger partial charge in [-0.2, -0.15) is 0 Å². The lowest BCUT2D eigenvalue weighted by molar-refractivity contribution is -0.147. The van der Waals surface area contributed by atoms with E-state index in [2.05, 4.69) is 5.32 Å². The summed E-state index contributed by atoms with van der Waals surface area (Å²) in [4.78, 5) is 38.2. The molecule has 0 saturated carbocycles. The second-order valence-electron chi connectivity index (χ2n) is 5.38. The number of hydrogen-bond acceptors (Lipinski definition) is 3. The van der Waals surface area contributed by atoms with Crippen LogP contribution in [0.2, 0.25) is 0 Å². The zero-order valence-electron chi connectivity index (χ0n) is 13.0. The minimum atomic E-state index is -1.15. The van der Waals surface area contributed by atoms with Crippen LogP contribution < -0.4 is 5.32 Å². The van der Waals surface area contributed by atoms with Crippen molar-refractivity contribution >= 4 is 17.9 Å². The molecule has 0 aliphatic carbocycles. The molecular formula is C14H25N3O4. The Morgan fingerprint density at radius 1 is 1.29 bits per heavy atom. The number of nitrogens with zero attached hydrogens (tertiary/aromatic N) is 2. The molecule has 0 aromatic carbocycles. The molecule has 1 unspecified atom stereocenters. The highest BCUT2D eigenvalue weighted by molar-refractivity contribution is 5.87. The normalized spacial score (nSPS) is 21.2. The highest BCUT2D eigenvalue weighted by Crippen LogP contribution is 2.29. The summed E-state index contributed by atoms with van der Waals surface area (Å²) in [5.74, 6) is -1.00. The second kappa shape index (κ2) is 7.28. The summed E-state index contributed by atoms with van der Waals surface area (Å²) in [6.07, 6.45) is 1.35. The lowest BCUT2D eigenvalue weighted by atomic mass is 10.00. The van der Waals surface area contributed by atoms with Crippen LogP contribution in [-0.2, 0) is 9.59 Å². The molecule has 7 heteroatoms. The molecule has 21 heavy (non-hydrogen) atoms. The van der Waals surface area contributed by atoms with Crippen molar-refractivity contribution in [1.82, 2.24) is 15.1 Å². The standard InChI is InChI=1S/C14H25N3O4/c1-4-16(5-2)11(18)7-9-15-13(21)17-10-6-8-14(17,3)12(19)20/h4-10H2,1-3H3,(H,15,21)(H,19,20). The highest BCUT2D eigenvalue weighted by Gasteiger charge is 2.45. The molecule has 0 bridgehead atoms. The molecule has 0 aromatic heterocycles. The minimum Gasteiger partial charge on any atom is -0.480 e. The van der Waals surface area contributed by atoms with Crippen molar-refractivity contribution in [2.75, 3.05) is 26.2 Å². The zero-order valence-corrected chi connectivity index (χ0v) is 13.0. The second-order valence-corrected chi connectivity index (χ2v) is 5.38. The van der Waals surface area contributed by atoms with Gasteiger partial charge in [0.15, 0.2) is 0 Å². The Morgan fingerprint density at radius 2 is 1.90 bits per heavy atom. The molecular weight excluding hydrogens is 274 g/mol. The highest BCUT2D eigenvalue weighted by atomic mass is 16.4. The van der Waals surface area contributed by atoms with Crippen LogP contribution in [-0.4, -0.2) is 64.5 Å². The first kappa shape index (κ1) is 17.3. The monoisotopic (exact) mass is 299 g/mol. The average Bonchev–Trinajstić information content (AvgIpc) is 2.83. The smallest absolute Gasteiger partial charge is 0.329 e. The zero-order chi connectivity index (χ0) is 16.0. The van der Waals surface area contributed by atoms with Crippen LogP contribution in [0.4, 0.5) is 4.79 Å². The molecule has 1 heterocycles. The SMILES string of the molecule is CCN(CC)C(=O)CCNC(=O)N1CCCC1(C)C(=O)O. The summed E-state index contributed by atoms with van der Waals surface area (Å²) < 4.78 is 0. The van der Waals surface area contributed by atoms with Gasteiger partial charge in [-0.25, -0.2) is 9.59 Å². The largest absolute Gasteiger partial charge is 0.480 e. The number of nitrogens with one attached hydrogen (secondary N) is 1. The molecule has 1 aliphatic rings. The van der Waals surface area contributed by atoms with Crippen LogP contribution in [0.25, 0.3) is 0 Å². The van der Waals surface area contributed by atoms with Gasteiger partial charge in [0.2, 0.25) is 5.91 Å². The number of hydrogen-bond donors (Lipinski definition) is 2. The average molecular weight is 299 g/mol. The molecule has 7 nitrogen and oxygen atoms in total. The van der Waals surface area contributed by atoms with Gasteiger partial charge in [0.1, 0.15) is 5.54 Å². The van der Waals surface area contributed by atoms with E-state index in [0.29, 0.717) is 32.5 Å². The van der Waals surface area contributed by atoms with Gasteiger partial charge in [0, 0.05) is 32.6 Å².